The first kappa shape index (κ1) is 26.7. The number of nitrogen functional groups attached to an aromatic ring is 1. The van der Waals surface area contributed by atoms with Crippen LogP contribution in [-0.4, -0.2) is 78.4 Å². The Kier molecular flexibility index (Phi) is 7.10. The Morgan fingerprint density at radius 1 is 1.10 bits per heavy atom. The molecule has 3 N–H and O–H groups in total. The number of nitrogens with one attached hydrogen (secondary N) is 1. The number of fused-ring (bicyclic) bond motifs is 2. The van der Waals surface area contributed by atoms with Crippen LogP contribution in [-0.2, 0) is 5.41 Å². The number of ether oxygens (including phenoxy) is 1. The Hall–Kier alpha value is -3.87. The molecule has 10 nitrogen and oxygen atoms in total. The van der Waals surface area contributed by atoms with Gasteiger partial charge in [-0.1, -0.05) is 6.42 Å². The molecule has 1 aliphatic carbocycles. The second-order valence-electron chi connectivity index (χ2n) is 10.3. The van der Waals surface area contributed by atoms with Gasteiger partial charge in [0.1, 0.15) is 11.5 Å². The van der Waals surface area contributed by atoms with Crippen LogP contribution in [0.25, 0.3) is 0 Å². The Labute approximate surface area is 225 Å². The van der Waals surface area contributed by atoms with Crippen LogP contribution in [0, 0.1) is 0 Å². The fraction of sp³-hybridized carbons (Fsp3) is 0.462. The van der Waals surface area contributed by atoms with Crippen molar-refractivity contribution in [2.45, 2.75) is 30.9 Å². The van der Waals surface area contributed by atoms with Crippen LogP contribution >= 0.6 is 0 Å². The van der Waals surface area contributed by atoms with E-state index in [1.54, 1.807) is 24.2 Å². The van der Waals surface area contributed by atoms with Gasteiger partial charge in [-0.2, -0.15) is 23.1 Å². The van der Waals surface area contributed by atoms with Crippen LogP contribution < -0.4 is 25.6 Å². The van der Waals surface area contributed by atoms with Crippen molar-refractivity contribution in [2.24, 2.45) is 0 Å². The van der Waals surface area contributed by atoms with Crippen molar-refractivity contribution in [1.29, 1.82) is 0 Å². The molecule has 39 heavy (non-hydrogen) atoms. The molecule has 0 radical (unpaired) electrons. The number of aromatic nitrogens is 4. The quantitative estimate of drug-likeness (QED) is 0.409. The lowest BCUT2D eigenvalue weighted by Gasteiger charge is -2.38. The maximum Gasteiger partial charge on any atom is 0.422 e. The van der Waals surface area contributed by atoms with Crippen LogP contribution in [0.3, 0.4) is 0 Å². The van der Waals surface area contributed by atoms with Gasteiger partial charge in [-0.05, 0) is 51.2 Å². The zero-order valence-corrected chi connectivity index (χ0v) is 22.2. The fourth-order valence-electron chi connectivity index (χ4n) is 4.98. The first-order valence-electron chi connectivity index (χ1n) is 12.7. The Bertz CT molecular complexity index is 1330. The molecule has 13 heteroatoms. The standard InChI is InChI=1S/C26H32F3N9O/c1-36(2)12-13-37(3)22-17(30)14-18(23(35-22)39-16-26(27,28)29)33-24-32-11-7-20(34-24)38-15-25(8-5-9-25)21-19(38)6-4-10-31-21/h4,6-7,10-11,14H,5,8-9,12-13,15-16,30H2,1-3H3,(H,32,33,34). The predicted octanol–water partition coefficient (Wildman–Crippen LogP) is 4.10. The van der Waals surface area contributed by atoms with E-state index in [1.165, 1.54) is 6.07 Å². The third kappa shape index (κ3) is 5.63. The lowest BCUT2D eigenvalue weighted by atomic mass is 9.67. The van der Waals surface area contributed by atoms with Crippen LogP contribution in [0.1, 0.15) is 25.0 Å². The number of alkyl halides is 3. The molecule has 1 fully saturated rings. The summed E-state index contributed by atoms with van der Waals surface area (Å²) in [6, 6.07) is 7.23. The second-order valence-corrected chi connectivity index (χ2v) is 10.3. The van der Waals surface area contributed by atoms with Crippen molar-refractivity contribution < 1.29 is 17.9 Å². The van der Waals surface area contributed by atoms with Crippen LogP contribution in [0.15, 0.2) is 36.7 Å². The number of anilines is 6. The van der Waals surface area contributed by atoms with E-state index in [9.17, 15) is 13.2 Å². The molecule has 0 saturated heterocycles. The van der Waals surface area contributed by atoms with Gasteiger partial charge in [0.15, 0.2) is 12.4 Å². The van der Waals surface area contributed by atoms with Crippen LogP contribution in [0.5, 0.6) is 5.88 Å². The summed E-state index contributed by atoms with van der Waals surface area (Å²) in [6.45, 7) is 0.528. The van der Waals surface area contributed by atoms with Gasteiger partial charge in [0, 0.05) is 44.5 Å². The van der Waals surface area contributed by atoms with Crippen molar-refractivity contribution >= 4 is 34.6 Å². The average Bonchev–Trinajstić information content (AvgIpc) is 3.23. The molecule has 0 unspecified atom stereocenters. The molecule has 1 spiro atoms. The number of nitrogens with zero attached hydrogens (tertiary/aromatic N) is 7. The first-order chi connectivity index (χ1) is 18.5. The van der Waals surface area contributed by atoms with E-state index in [0.717, 1.165) is 37.2 Å². The number of nitrogens with two attached hydrogens (primary N) is 1. The third-order valence-corrected chi connectivity index (χ3v) is 7.13. The van der Waals surface area contributed by atoms with Gasteiger partial charge in [-0.25, -0.2) is 4.98 Å². The van der Waals surface area contributed by atoms with Crippen molar-refractivity contribution in [1.82, 2.24) is 24.8 Å². The van der Waals surface area contributed by atoms with Gasteiger partial charge in [0.25, 0.3) is 0 Å². The van der Waals surface area contributed by atoms with Gasteiger partial charge in [-0.3, -0.25) is 4.98 Å². The summed E-state index contributed by atoms with van der Waals surface area (Å²) >= 11 is 0. The molecule has 0 atom stereocenters. The van der Waals surface area contributed by atoms with Gasteiger partial charge < -0.3 is 30.5 Å². The van der Waals surface area contributed by atoms with Gasteiger partial charge in [0.2, 0.25) is 11.8 Å². The first-order valence-corrected chi connectivity index (χ1v) is 12.7. The molecule has 0 aromatic carbocycles. The highest BCUT2D eigenvalue weighted by molar-refractivity contribution is 5.75. The lowest BCUT2D eigenvalue weighted by Crippen LogP contribution is -2.38. The highest BCUT2D eigenvalue weighted by Crippen LogP contribution is 2.53. The molecule has 0 bridgehead atoms. The summed E-state index contributed by atoms with van der Waals surface area (Å²) in [5.41, 5.74) is 8.81. The van der Waals surface area contributed by atoms with Crippen molar-refractivity contribution in [3.05, 3.63) is 42.4 Å². The summed E-state index contributed by atoms with van der Waals surface area (Å²) in [5.74, 6) is 0.913. The molecular weight excluding hydrogens is 511 g/mol. The number of rotatable bonds is 9. The minimum absolute atomic E-state index is 0.0283. The highest BCUT2D eigenvalue weighted by atomic mass is 19.4. The summed E-state index contributed by atoms with van der Waals surface area (Å²) in [4.78, 5) is 23.8. The SMILES string of the molecule is CN(C)CCN(C)c1nc(OCC(F)(F)F)c(Nc2nccc(N3CC4(CCC4)c4ncccc43)n2)cc1N. The van der Waals surface area contributed by atoms with E-state index in [0.29, 0.717) is 24.7 Å². The zero-order chi connectivity index (χ0) is 27.8. The molecule has 1 saturated carbocycles. The minimum atomic E-state index is -4.54. The van der Waals surface area contributed by atoms with Crippen molar-refractivity contribution in [3.8, 4) is 5.88 Å². The van der Waals surface area contributed by atoms with Gasteiger partial charge >= 0.3 is 6.18 Å². The molecule has 2 aliphatic rings. The van der Waals surface area contributed by atoms with Gasteiger partial charge in [0.05, 0.1) is 17.1 Å². The monoisotopic (exact) mass is 543 g/mol. The van der Waals surface area contributed by atoms with Crippen molar-refractivity contribution in [2.75, 3.05) is 68.2 Å². The molecule has 3 aromatic heterocycles. The molecule has 3 aromatic rings. The Balaban J connectivity index is 1.43. The van der Waals surface area contributed by atoms with E-state index in [1.807, 2.05) is 37.3 Å². The largest absolute Gasteiger partial charge is 0.466 e. The number of pyridine rings is 2. The van der Waals surface area contributed by atoms with E-state index < -0.39 is 12.8 Å². The smallest absolute Gasteiger partial charge is 0.422 e. The van der Waals surface area contributed by atoms with Crippen LogP contribution in [0.2, 0.25) is 0 Å². The molecule has 208 valence electrons. The molecule has 1 aliphatic heterocycles. The maximum absolute atomic E-state index is 13.0. The second kappa shape index (κ2) is 10.4. The minimum Gasteiger partial charge on any atom is -0.466 e. The average molecular weight is 544 g/mol. The summed E-state index contributed by atoms with van der Waals surface area (Å²) < 4.78 is 44.2. The zero-order valence-electron chi connectivity index (χ0n) is 22.2. The summed E-state index contributed by atoms with van der Waals surface area (Å²) in [7, 11) is 5.62. The predicted molar refractivity (Wildman–Crippen MR) is 144 cm³/mol. The number of hydrogen-bond donors (Lipinski definition) is 2. The Morgan fingerprint density at radius 2 is 1.90 bits per heavy atom. The van der Waals surface area contributed by atoms with Gasteiger partial charge in [-0.15, -0.1) is 0 Å². The van der Waals surface area contributed by atoms with E-state index in [-0.39, 0.29) is 28.6 Å². The number of hydrogen-bond acceptors (Lipinski definition) is 10. The van der Waals surface area contributed by atoms with E-state index in [4.69, 9.17) is 10.5 Å². The highest BCUT2D eigenvalue weighted by Gasteiger charge is 2.48. The van der Waals surface area contributed by atoms with Crippen molar-refractivity contribution in [3.63, 3.8) is 0 Å². The normalized spacial score (nSPS) is 15.8. The fourth-order valence-corrected chi connectivity index (χ4v) is 4.98. The number of likely N-dealkylation sites (N-methyl/N-ethyl adjacent to an activating group) is 2. The molecule has 4 heterocycles. The lowest BCUT2D eigenvalue weighted by molar-refractivity contribution is -0.153. The third-order valence-electron chi connectivity index (χ3n) is 7.13. The van der Waals surface area contributed by atoms with Crippen LogP contribution in [0.4, 0.5) is 47.8 Å². The molecule has 0 amide bonds. The number of halogens is 3. The molecule has 5 rings (SSSR count). The van der Waals surface area contributed by atoms with E-state index in [2.05, 4.69) is 30.2 Å². The van der Waals surface area contributed by atoms with E-state index >= 15 is 0 Å². The summed E-state index contributed by atoms with van der Waals surface area (Å²) in [5, 5.41) is 2.98. The maximum atomic E-state index is 13.0. The Morgan fingerprint density at radius 3 is 2.59 bits per heavy atom. The molecular formula is C26H32F3N9O. The summed E-state index contributed by atoms with van der Waals surface area (Å²) in [6.07, 6.45) is 2.19. The topological polar surface area (TPSA) is 109 Å².